The minimum atomic E-state index is -4.29. The predicted octanol–water partition coefficient (Wildman–Crippen LogP) is 3.53. The quantitative estimate of drug-likeness (QED) is 0.913. The Hall–Kier alpha value is -1.49. The van der Waals surface area contributed by atoms with Crippen LogP contribution in [0.1, 0.15) is 24.0 Å². The summed E-state index contributed by atoms with van der Waals surface area (Å²) in [6, 6.07) is 5.51. The van der Waals surface area contributed by atoms with Gasteiger partial charge in [0.05, 0.1) is 18.4 Å². The van der Waals surface area contributed by atoms with E-state index in [0.717, 1.165) is 24.5 Å². The highest BCUT2D eigenvalue weighted by atomic mass is 19.4. The molecule has 110 valence electrons. The summed E-state index contributed by atoms with van der Waals surface area (Å²) in [6.45, 7) is 0.712. The van der Waals surface area contributed by atoms with E-state index in [2.05, 4.69) is 5.32 Å². The van der Waals surface area contributed by atoms with Gasteiger partial charge in [-0.15, -0.1) is 0 Å². The Labute approximate surface area is 116 Å². The molecule has 2 rings (SSSR count). The SMILES string of the molecule is CNC(Cc1cccc(C(F)(F)F)c1)C1=COCCC1. The molecule has 5 heteroatoms. The highest BCUT2D eigenvalue weighted by molar-refractivity contribution is 5.28. The maximum Gasteiger partial charge on any atom is 0.416 e. The molecular formula is C15H18F3NO. The van der Waals surface area contributed by atoms with Crippen LogP contribution in [-0.2, 0) is 17.3 Å². The van der Waals surface area contributed by atoms with Gasteiger partial charge in [-0.3, -0.25) is 0 Å². The van der Waals surface area contributed by atoms with Crippen molar-refractivity contribution in [1.29, 1.82) is 0 Å². The van der Waals surface area contributed by atoms with Crippen LogP contribution in [0.2, 0.25) is 0 Å². The van der Waals surface area contributed by atoms with Crippen LogP contribution in [0, 0.1) is 0 Å². The van der Waals surface area contributed by atoms with Crippen molar-refractivity contribution >= 4 is 0 Å². The molecule has 0 amide bonds. The zero-order chi connectivity index (χ0) is 14.6. The summed E-state index contributed by atoms with van der Waals surface area (Å²) in [5, 5.41) is 3.15. The molecule has 0 bridgehead atoms. The normalized spacial score (nSPS) is 17.3. The summed E-state index contributed by atoms with van der Waals surface area (Å²) in [5.41, 5.74) is 1.18. The van der Waals surface area contributed by atoms with Gasteiger partial charge in [0, 0.05) is 6.04 Å². The van der Waals surface area contributed by atoms with Crippen molar-refractivity contribution in [3.63, 3.8) is 0 Å². The number of benzene rings is 1. The first-order chi connectivity index (χ1) is 9.50. The van der Waals surface area contributed by atoms with E-state index < -0.39 is 11.7 Å². The molecule has 2 nitrogen and oxygen atoms in total. The van der Waals surface area contributed by atoms with Crippen molar-refractivity contribution in [3.05, 3.63) is 47.2 Å². The third kappa shape index (κ3) is 3.76. The van der Waals surface area contributed by atoms with E-state index >= 15 is 0 Å². The van der Waals surface area contributed by atoms with Crippen molar-refractivity contribution in [2.24, 2.45) is 0 Å². The molecule has 1 aromatic carbocycles. The number of alkyl halides is 3. The summed E-state index contributed by atoms with van der Waals surface area (Å²) < 4.78 is 43.4. The fourth-order valence-corrected chi connectivity index (χ4v) is 2.37. The van der Waals surface area contributed by atoms with Crippen LogP contribution in [-0.4, -0.2) is 19.7 Å². The van der Waals surface area contributed by atoms with Crippen molar-refractivity contribution in [3.8, 4) is 0 Å². The molecule has 0 aromatic heterocycles. The molecule has 1 heterocycles. The number of nitrogens with one attached hydrogen (secondary N) is 1. The van der Waals surface area contributed by atoms with Crippen molar-refractivity contribution in [2.75, 3.05) is 13.7 Å². The van der Waals surface area contributed by atoms with Crippen LogP contribution in [0.5, 0.6) is 0 Å². The van der Waals surface area contributed by atoms with E-state index in [9.17, 15) is 13.2 Å². The Bertz CT molecular complexity index is 482. The molecule has 0 saturated carbocycles. The average Bonchev–Trinajstić information content (AvgIpc) is 2.45. The lowest BCUT2D eigenvalue weighted by Crippen LogP contribution is -2.31. The second-order valence-electron chi connectivity index (χ2n) is 4.91. The first-order valence-corrected chi connectivity index (χ1v) is 6.64. The topological polar surface area (TPSA) is 21.3 Å². The molecule has 1 aliphatic heterocycles. The van der Waals surface area contributed by atoms with Gasteiger partial charge < -0.3 is 10.1 Å². The maximum absolute atomic E-state index is 12.7. The van der Waals surface area contributed by atoms with Gasteiger partial charge in [-0.25, -0.2) is 0 Å². The van der Waals surface area contributed by atoms with Crippen LogP contribution in [0.25, 0.3) is 0 Å². The fraction of sp³-hybridized carbons (Fsp3) is 0.467. The molecule has 0 spiro atoms. The summed E-state index contributed by atoms with van der Waals surface area (Å²) in [6.07, 6.45) is -0.163. The minimum Gasteiger partial charge on any atom is -0.501 e. The van der Waals surface area contributed by atoms with Gasteiger partial charge in [0.2, 0.25) is 0 Å². The van der Waals surface area contributed by atoms with Crippen LogP contribution in [0.3, 0.4) is 0 Å². The molecule has 1 atom stereocenters. The van der Waals surface area contributed by atoms with E-state index in [4.69, 9.17) is 4.74 Å². The Morgan fingerprint density at radius 2 is 2.15 bits per heavy atom. The average molecular weight is 285 g/mol. The molecule has 0 fully saturated rings. The van der Waals surface area contributed by atoms with Crippen molar-refractivity contribution in [1.82, 2.24) is 5.32 Å². The first kappa shape index (κ1) is 14.9. The molecule has 1 N–H and O–H groups in total. The smallest absolute Gasteiger partial charge is 0.416 e. The van der Waals surface area contributed by atoms with Crippen molar-refractivity contribution < 1.29 is 17.9 Å². The number of ether oxygens (including phenoxy) is 1. The molecular weight excluding hydrogens is 267 g/mol. The van der Waals surface area contributed by atoms with Crippen LogP contribution >= 0.6 is 0 Å². The molecule has 20 heavy (non-hydrogen) atoms. The zero-order valence-corrected chi connectivity index (χ0v) is 11.3. The van der Waals surface area contributed by atoms with Gasteiger partial charge in [0.25, 0.3) is 0 Å². The molecule has 1 unspecified atom stereocenters. The van der Waals surface area contributed by atoms with Gasteiger partial charge >= 0.3 is 6.18 Å². The van der Waals surface area contributed by atoms with Crippen LogP contribution < -0.4 is 5.32 Å². The number of likely N-dealkylation sites (N-methyl/N-ethyl adjacent to an activating group) is 1. The predicted molar refractivity (Wildman–Crippen MR) is 71.3 cm³/mol. The summed E-state index contributed by atoms with van der Waals surface area (Å²) in [7, 11) is 1.81. The number of rotatable bonds is 4. The zero-order valence-electron chi connectivity index (χ0n) is 11.3. The second kappa shape index (κ2) is 6.31. The lowest BCUT2D eigenvalue weighted by molar-refractivity contribution is -0.137. The van der Waals surface area contributed by atoms with Crippen LogP contribution in [0.4, 0.5) is 13.2 Å². The molecule has 0 radical (unpaired) electrons. The van der Waals surface area contributed by atoms with Gasteiger partial charge in [0.15, 0.2) is 0 Å². The Morgan fingerprint density at radius 1 is 1.35 bits per heavy atom. The highest BCUT2D eigenvalue weighted by Crippen LogP contribution is 2.30. The number of hydrogen-bond acceptors (Lipinski definition) is 2. The molecule has 1 aromatic rings. The lowest BCUT2D eigenvalue weighted by atomic mass is 9.95. The summed E-state index contributed by atoms with van der Waals surface area (Å²) >= 11 is 0. The van der Waals surface area contributed by atoms with Gasteiger partial charge in [-0.1, -0.05) is 18.2 Å². The molecule has 0 saturated heterocycles. The van der Waals surface area contributed by atoms with E-state index in [1.165, 1.54) is 12.1 Å². The Morgan fingerprint density at radius 3 is 2.75 bits per heavy atom. The first-order valence-electron chi connectivity index (χ1n) is 6.64. The summed E-state index contributed by atoms with van der Waals surface area (Å²) in [4.78, 5) is 0. The highest BCUT2D eigenvalue weighted by Gasteiger charge is 2.30. The van der Waals surface area contributed by atoms with Gasteiger partial charge in [-0.2, -0.15) is 13.2 Å². The summed E-state index contributed by atoms with van der Waals surface area (Å²) in [5.74, 6) is 0. The standard InChI is InChI=1S/C15H18F3NO/c1-19-14(12-5-3-7-20-10-12)9-11-4-2-6-13(8-11)15(16,17)18/h2,4,6,8,10,14,19H,3,5,7,9H2,1H3. The second-order valence-corrected chi connectivity index (χ2v) is 4.91. The third-order valence-corrected chi connectivity index (χ3v) is 3.45. The molecule has 0 aliphatic carbocycles. The van der Waals surface area contributed by atoms with Crippen LogP contribution in [0.15, 0.2) is 36.1 Å². The van der Waals surface area contributed by atoms with E-state index in [-0.39, 0.29) is 6.04 Å². The Kier molecular flexibility index (Phi) is 4.70. The Balaban J connectivity index is 2.13. The molecule has 1 aliphatic rings. The van der Waals surface area contributed by atoms with Gasteiger partial charge in [0.1, 0.15) is 0 Å². The monoisotopic (exact) mass is 285 g/mol. The number of halogens is 3. The maximum atomic E-state index is 12.7. The van der Waals surface area contributed by atoms with Crippen molar-refractivity contribution in [2.45, 2.75) is 31.5 Å². The minimum absolute atomic E-state index is 0.0128. The number of hydrogen-bond donors (Lipinski definition) is 1. The largest absolute Gasteiger partial charge is 0.501 e. The fourth-order valence-electron chi connectivity index (χ4n) is 2.37. The van der Waals surface area contributed by atoms with Gasteiger partial charge in [-0.05, 0) is 43.5 Å². The lowest BCUT2D eigenvalue weighted by Gasteiger charge is -2.23. The van der Waals surface area contributed by atoms with E-state index in [1.807, 2.05) is 7.05 Å². The van der Waals surface area contributed by atoms with E-state index in [1.54, 1.807) is 12.3 Å². The third-order valence-electron chi connectivity index (χ3n) is 3.45. The van der Waals surface area contributed by atoms with E-state index in [0.29, 0.717) is 18.6 Å².